The van der Waals surface area contributed by atoms with Crippen LogP contribution in [0.3, 0.4) is 0 Å². The first-order valence-electron chi connectivity index (χ1n) is 8.43. The summed E-state index contributed by atoms with van der Waals surface area (Å²) < 4.78 is 32.1. The van der Waals surface area contributed by atoms with Crippen molar-refractivity contribution in [3.63, 3.8) is 0 Å². The van der Waals surface area contributed by atoms with Gasteiger partial charge in [0, 0.05) is 17.8 Å². The summed E-state index contributed by atoms with van der Waals surface area (Å²) in [5.41, 5.74) is 0.126. The molecule has 0 radical (unpaired) electrons. The average Bonchev–Trinajstić information content (AvgIpc) is 2.61. The molecule has 2 rings (SSSR count). The first-order chi connectivity index (χ1) is 13.1. The summed E-state index contributed by atoms with van der Waals surface area (Å²) in [7, 11) is -3.63. The molecule has 2 aromatic rings. The molecule has 2 N–H and O–H groups in total. The van der Waals surface area contributed by atoms with Gasteiger partial charge >= 0.3 is 5.69 Å². The number of hydrogen-bond donors (Lipinski definition) is 2. The van der Waals surface area contributed by atoms with E-state index in [2.05, 4.69) is 10.0 Å². The zero-order chi connectivity index (χ0) is 20.9. The first-order valence-corrected chi connectivity index (χ1v) is 9.92. The number of amides is 1. The van der Waals surface area contributed by atoms with Crippen molar-refractivity contribution in [1.29, 1.82) is 0 Å². The summed E-state index contributed by atoms with van der Waals surface area (Å²) in [6.07, 6.45) is -1.01. The Balaban J connectivity index is 2.06. The Morgan fingerprint density at radius 3 is 2.25 bits per heavy atom. The monoisotopic (exact) mass is 407 g/mol. The van der Waals surface area contributed by atoms with Gasteiger partial charge in [0.05, 0.1) is 9.82 Å². The quantitative estimate of drug-likeness (QED) is 0.511. The smallest absolute Gasteiger partial charge is 0.310 e. The summed E-state index contributed by atoms with van der Waals surface area (Å²) in [6, 6.07) is 11.1. The number of nitrogens with one attached hydrogen (secondary N) is 2. The summed E-state index contributed by atoms with van der Waals surface area (Å²) in [6.45, 7) is 4.88. The predicted octanol–water partition coefficient (Wildman–Crippen LogP) is 2.69. The van der Waals surface area contributed by atoms with Crippen LogP contribution < -0.4 is 14.8 Å². The lowest BCUT2D eigenvalue weighted by molar-refractivity contribution is -0.386. The molecule has 0 fully saturated rings. The molecule has 28 heavy (non-hydrogen) atoms. The highest BCUT2D eigenvalue weighted by Gasteiger charge is 2.21. The third kappa shape index (κ3) is 5.51. The molecular weight excluding hydrogens is 386 g/mol. The van der Waals surface area contributed by atoms with Crippen LogP contribution in [0.15, 0.2) is 53.4 Å². The van der Waals surface area contributed by atoms with Crippen molar-refractivity contribution < 1.29 is 22.9 Å². The lowest BCUT2D eigenvalue weighted by Gasteiger charge is -2.15. The predicted molar refractivity (Wildman–Crippen MR) is 104 cm³/mol. The molecule has 0 aliphatic rings. The van der Waals surface area contributed by atoms with Crippen molar-refractivity contribution in [1.82, 2.24) is 4.72 Å². The highest BCUT2D eigenvalue weighted by Crippen LogP contribution is 2.27. The fourth-order valence-corrected chi connectivity index (χ4v) is 3.54. The number of ether oxygens (including phenoxy) is 1. The zero-order valence-electron chi connectivity index (χ0n) is 15.6. The second-order valence-corrected chi connectivity index (χ2v) is 7.99. The molecule has 0 spiro atoms. The van der Waals surface area contributed by atoms with Crippen molar-refractivity contribution in [2.45, 2.75) is 37.8 Å². The zero-order valence-corrected chi connectivity index (χ0v) is 16.4. The van der Waals surface area contributed by atoms with Gasteiger partial charge in [0.25, 0.3) is 5.91 Å². The van der Waals surface area contributed by atoms with Gasteiger partial charge in [-0.2, -0.15) is 0 Å². The van der Waals surface area contributed by atoms with E-state index in [1.807, 2.05) is 0 Å². The maximum absolute atomic E-state index is 12.3. The molecule has 0 unspecified atom stereocenters. The van der Waals surface area contributed by atoms with E-state index in [4.69, 9.17) is 4.74 Å². The van der Waals surface area contributed by atoms with Crippen LogP contribution in [-0.4, -0.2) is 31.4 Å². The maximum Gasteiger partial charge on any atom is 0.310 e. The van der Waals surface area contributed by atoms with E-state index in [0.717, 1.165) is 0 Å². The van der Waals surface area contributed by atoms with Gasteiger partial charge in [-0.05, 0) is 51.1 Å². The summed E-state index contributed by atoms with van der Waals surface area (Å²) in [4.78, 5) is 22.8. The van der Waals surface area contributed by atoms with Crippen molar-refractivity contribution in [2.75, 3.05) is 5.32 Å². The first kappa shape index (κ1) is 21.3. The van der Waals surface area contributed by atoms with Gasteiger partial charge in [0.2, 0.25) is 10.0 Å². The molecule has 0 saturated carbocycles. The molecule has 2 aromatic carbocycles. The van der Waals surface area contributed by atoms with E-state index in [1.54, 1.807) is 19.9 Å². The van der Waals surface area contributed by atoms with Gasteiger partial charge in [-0.1, -0.05) is 12.1 Å². The molecule has 0 saturated heterocycles. The Hall–Kier alpha value is -2.98. The normalized spacial score (nSPS) is 12.4. The second-order valence-electron chi connectivity index (χ2n) is 6.27. The minimum atomic E-state index is -3.63. The summed E-state index contributed by atoms with van der Waals surface area (Å²) in [5, 5.41) is 13.6. The molecule has 1 amide bonds. The van der Waals surface area contributed by atoms with Crippen molar-refractivity contribution in [3.8, 4) is 5.75 Å². The number of nitro benzene ring substituents is 1. The number of anilines is 1. The van der Waals surface area contributed by atoms with Gasteiger partial charge in [-0.15, -0.1) is 0 Å². The lowest BCUT2D eigenvalue weighted by Crippen LogP contribution is -2.31. The Morgan fingerprint density at radius 1 is 1.07 bits per heavy atom. The SMILES string of the molecule is CC(C)NS(=O)(=O)c1ccc(NC(=O)[C@@H](C)Oc2ccccc2[N+](=O)[O-])cc1. The third-order valence-electron chi connectivity index (χ3n) is 3.56. The minimum Gasteiger partial charge on any atom is -0.474 e. The van der Waals surface area contributed by atoms with Gasteiger partial charge < -0.3 is 10.1 Å². The van der Waals surface area contributed by atoms with Gasteiger partial charge in [-0.3, -0.25) is 14.9 Å². The molecule has 0 bridgehead atoms. The van der Waals surface area contributed by atoms with Gasteiger partial charge in [0.1, 0.15) is 0 Å². The molecule has 0 heterocycles. The number of sulfonamides is 1. The van der Waals surface area contributed by atoms with E-state index < -0.39 is 27.0 Å². The van der Waals surface area contributed by atoms with Crippen LogP contribution in [0.25, 0.3) is 0 Å². The number of rotatable bonds is 8. The Labute approximate surface area is 162 Å². The highest BCUT2D eigenvalue weighted by atomic mass is 32.2. The number of carbonyl (C=O) groups is 1. The maximum atomic E-state index is 12.3. The fraction of sp³-hybridized carbons (Fsp3) is 0.278. The van der Waals surface area contributed by atoms with Crippen molar-refractivity contribution in [2.24, 2.45) is 0 Å². The molecule has 9 nitrogen and oxygen atoms in total. The largest absolute Gasteiger partial charge is 0.474 e. The second kappa shape index (κ2) is 8.81. The van der Waals surface area contributed by atoms with Crippen LogP contribution in [0.5, 0.6) is 5.75 Å². The van der Waals surface area contributed by atoms with Crippen molar-refractivity contribution in [3.05, 3.63) is 58.6 Å². The van der Waals surface area contributed by atoms with Crippen LogP contribution in [0, 0.1) is 10.1 Å². The standard InChI is InChI=1S/C18H21N3O6S/c1-12(2)20-28(25,26)15-10-8-14(9-11-15)19-18(22)13(3)27-17-7-5-4-6-16(17)21(23)24/h4-13,20H,1-3H3,(H,19,22)/t13-/m1/s1. The lowest BCUT2D eigenvalue weighted by atomic mass is 10.2. The molecule has 0 aliphatic heterocycles. The van der Waals surface area contributed by atoms with E-state index in [9.17, 15) is 23.3 Å². The topological polar surface area (TPSA) is 128 Å². The molecule has 10 heteroatoms. The molecule has 1 atom stereocenters. The number of hydrogen-bond acceptors (Lipinski definition) is 6. The average molecular weight is 407 g/mol. The van der Waals surface area contributed by atoms with Crippen LogP contribution in [0.4, 0.5) is 11.4 Å². The molecular formula is C18H21N3O6S. The van der Waals surface area contributed by atoms with E-state index in [-0.39, 0.29) is 22.4 Å². The number of nitrogens with zero attached hydrogens (tertiary/aromatic N) is 1. The van der Waals surface area contributed by atoms with Crippen LogP contribution in [0.2, 0.25) is 0 Å². The number of para-hydroxylation sites is 2. The summed E-state index contributed by atoms with van der Waals surface area (Å²) in [5.74, 6) is -0.551. The Bertz CT molecular complexity index is 958. The Morgan fingerprint density at radius 2 is 1.68 bits per heavy atom. The van der Waals surface area contributed by atoms with Gasteiger partial charge in [-0.25, -0.2) is 13.1 Å². The van der Waals surface area contributed by atoms with E-state index >= 15 is 0 Å². The fourth-order valence-electron chi connectivity index (χ4n) is 2.29. The summed E-state index contributed by atoms with van der Waals surface area (Å²) >= 11 is 0. The number of benzene rings is 2. The van der Waals surface area contributed by atoms with Crippen molar-refractivity contribution >= 4 is 27.3 Å². The number of carbonyl (C=O) groups excluding carboxylic acids is 1. The number of nitro groups is 1. The van der Waals surface area contributed by atoms with E-state index in [1.165, 1.54) is 49.4 Å². The van der Waals surface area contributed by atoms with Gasteiger partial charge in [0.15, 0.2) is 11.9 Å². The van der Waals surface area contributed by atoms with Crippen LogP contribution in [-0.2, 0) is 14.8 Å². The molecule has 0 aliphatic carbocycles. The van der Waals surface area contributed by atoms with E-state index in [0.29, 0.717) is 5.69 Å². The highest BCUT2D eigenvalue weighted by molar-refractivity contribution is 7.89. The molecule has 150 valence electrons. The van der Waals surface area contributed by atoms with Crippen LogP contribution >= 0.6 is 0 Å². The third-order valence-corrected chi connectivity index (χ3v) is 5.23. The minimum absolute atomic E-state index is 0.0173. The Kier molecular flexibility index (Phi) is 6.71. The van der Waals surface area contributed by atoms with Crippen LogP contribution in [0.1, 0.15) is 20.8 Å². The molecule has 0 aromatic heterocycles.